The summed E-state index contributed by atoms with van der Waals surface area (Å²) in [6, 6.07) is 16.5. The summed E-state index contributed by atoms with van der Waals surface area (Å²) in [5.41, 5.74) is 10.3. The molecule has 0 aliphatic heterocycles. The molecule has 1 aliphatic carbocycles. The molecule has 0 saturated heterocycles. The van der Waals surface area contributed by atoms with Crippen molar-refractivity contribution < 1.29 is 14.3 Å². The lowest BCUT2D eigenvalue weighted by Gasteiger charge is -2.07. The zero-order valence-electron chi connectivity index (χ0n) is 16.3. The number of carbonyl (C=O) groups is 2. The SMILES string of the molecule is COC(=O)CCc1ccc(CCCC(=O)Nc2ccc(C3CC3N)cc2)cc1. The summed E-state index contributed by atoms with van der Waals surface area (Å²) in [5.74, 6) is 0.322. The Kier molecular flexibility index (Phi) is 6.82. The van der Waals surface area contributed by atoms with Gasteiger partial charge in [-0.2, -0.15) is 0 Å². The van der Waals surface area contributed by atoms with Crippen molar-refractivity contribution in [3.05, 3.63) is 65.2 Å². The van der Waals surface area contributed by atoms with Crippen molar-refractivity contribution >= 4 is 17.6 Å². The van der Waals surface area contributed by atoms with Crippen LogP contribution >= 0.6 is 0 Å². The topological polar surface area (TPSA) is 81.4 Å². The van der Waals surface area contributed by atoms with Gasteiger partial charge >= 0.3 is 5.97 Å². The summed E-state index contributed by atoms with van der Waals surface area (Å²) in [6.07, 6.45) is 4.26. The fourth-order valence-corrected chi connectivity index (χ4v) is 3.31. The van der Waals surface area contributed by atoms with E-state index in [-0.39, 0.29) is 11.9 Å². The molecule has 2 unspecified atom stereocenters. The highest BCUT2D eigenvalue weighted by molar-refractivity contribution is 5.90. The van der Waals surface area contributed by atoms with E-state index >= 15 is 0 Å². The van der Waals surface area contributed by atoms with Crippen molar-refractivity contribution in [2.45, 2.75) is 50.5 Å². The predicted molar refractivity (Wildman–Crippen MR) is 110 cm³/mol. The molecule has 0 heterocycles. The Bertz CT molecular complexity index is 800. The van der Waals surface area contributed by atoms with Crippen LogP contribution in [0, 0.1) is 0 Å². The fraction of sp³-hybridized carbons (Fsp3) is 0.391. The molecule has 0 aromatic heterocycles. The minimum atomic E-state index is -0.194. The van der Waals surface area contributed by atoms with Crippen LogP contribution in [0.3, 0.4) is 0 Å². The van der Waals surface area contributed by atoms with Gasteiger partial charge in [-0.05, 0) is 54.5 Å². The van der Waals surface area contributed by atoms with Crippen LogP contribution in [0.1, 0.15) is 48.3 Å². The minimum absolute atomic E-state index is 0.0329. The maximum atomic E-state index is 12.1. The average molecular weight is 380 g/mol. The first kappa shape index (κ1) is 20.1. The van der Waals surface area contributed by atoms with E-state index in [9.17, 15) is 9.59 Å². The molecule has 2 aromatic carbocycles. The molecule has 3 rings (SSSR count). The average Bonchev–Trinajstić information content (AvgIpc) is 3.44. The second-order valence-corrected chi connectivity index (χ2v) is 7.42. The second-order valence-electron chi connectivity index (χ2n) is 7.42. The summed E-state index contributed by atoms with van der Waals surface area (Å²) < 4.78 is 4.66. The lowest BCUT2D eigenvalue weighted by atomic mass is 10.0. The molecule has 5 heteroatoms. The summed E-state index contributed by atoms with van der Waals surface area (Å²) in [5, 5.41) is 2.95. The first-order valence-corrected chi connectivity index (χ1v) is 9.85. The Morgan fingerprint density at radius 3 is 2.18 bits per heavy atom. The standard InChI is InChI=1S/C23H28N2O3/c1-28-23(27)14-9-17-7-5-16(6-8-17)3-2-4-22(26)25-19-12-10-18(11-13-19)20-15-21(20)24/h5-8,10-13,20-21H,2-4,9,14-15,24H2,1H3,(H,25,26). The van der Waals surface area contributed by atoms with Crippen molar-refractivity contribution in [2.75, 3.05) is 12.4 Å². The molecule has 0 bridgehead atoms. The first-order chi connectivity index (χ1) is 13.5. The summed E-state index contributed by atoms with van der Waals surface area (Å²) in [6.45, 7) is 0. The first-order valence-electron chi connectivity index (χ1n) is 9.85. The van der Waals surface area contributed by atoms with Gasteiger partial charge in [0.15, 0.2) is 0 Å². The summed E-state index contributed by atoms with van der Waals surface area (Å²) in [7, 11) is 1.40. The molecule has 1 aliphatic rings. The van der Waals surface area contributed by atoms with Gasteiger partial charge in [0.25, 0.3) is 0 Å². The molecular formula is C23H28N2O3. The molecular weight excluding hydrogens is 352 g/mol. The lowest BCUT2D eigenvalue weighted by Crippen LogP contribution is -2.11. The Hall–Kier alpha value is -2.66. The third-order valence-corrected chi connectivity index (χ3v) is 5.20. The fourth-order valence-electron chi connectivity index (χ4n) is 3.31. The van der Waals surface area contributed by atoms with E-state index < -0.39 is 0 Å². The van der Waals surface area contributed by atoms with Gasteiger partial charge in [0.1, 0.15) is 0 Å². The van der Waals surface area contributed by atoms with Crippen molar-refractivity contribution in [1.29, 1.82) is 0 Å². The highest BCUT2D eigenvalue weighted by Crippen LogP contribution is 2.39. The zero-order chi connectivity index (χ0) is 19.9. The Balaban J connectivity index is 1.37. The Labute approximate surface area is 166 Å². The van der Waals surface area contributed by atoms with Gasteiger partial charge in [0, 0.05) is 30.5 Å². The minimum Gasteiger partial charge on any atom is -0.469 e. The van der Waals surface area contributed by atoms with E-state index in [1.807, 2.05) is 24.3 Å². The van der Waals surface area contributed by atoms with Gasteiger partial charge in [0.05, 0.1) is 7.11 Å². The van der Waals surface area contributed by atoms with E-state index in [0.29, 0.717) is 31.2 Å². The number of anilines is 1. The number of hydrogen-bond donors (Lipinski definition) is 2. The number of carbonyl (C=O) groups excluding carboxylic acids is 2. The molecule has 0 spiro atoms. The highest BCUT2D eigenvalue weighted by Gasteiger charge is 2.34. The number of aryl methyl sites for hydroxylation is 2. The number of rotatable bonds is 9. The van der Waals surface area contributed by atoms with Crippen LogP contribution in [0.15, 0.2) is 48.5 Å². The van der Waals surface area contributed by atoms with E-state index in [0.717, 1.165) is 30.5 Å². The van der Waals surface area contributed by atoms with Gasteiger partial charge in [-0.25, -0.2) is 0 Å². The van der Waals surface area contributed by atoms with Gasteiger partial charge in [-0.3, -0.25) is 9.59 Å². The number of methoxy groups -OCH3 is 1. The number of esters is 1. The quantitative estimate of drug-likeness (QED) is 0.652. The largest absolute Gasteiger partial charge is 0.469 e. The van der Waals surface area contributed by atoms with Crippen molar-refractivity contribution in [3.8, 4) is 0 Å². The number of amides is 1. The van der Waals surface area contributed by atoms with E-state index in [1.165, 1.54) is 18.2 Å². The van der Waals surface area contributed by atoms with Crippen molar-refractivity contribution in [2.24, 2.45) is 5.73 Å². The molecule has 3 N–H and O–H groups in total. The molecule has 1 amide bonds. The van der Waals surface area contributed by atoms with Gasteiger partial charge in [0.2, 0.25) is 5.91 Å². The molecule has 2 aromatic rings. The highest BCUT2D eigenvalue weighted by atomic mass is 16.5. The van der Waals surface area contributed by atoms with Crippen LogP contribution in [0.25, 0.3) is 0 Å². The van der Waals surface area contributed by atoms with Gasteiger partial charge in [-0.1, -0.05) is 36.4 Å². The monoisotopic (exact) mass is 380 g/mol. The van der Waals surface area contributed by atoms with Gasteiger partial charge < -0.3 is 15.8 Å². The molecule has 28 heavy (non-hydrogen) atoms. The van der Waals surface area contributed by atoms with Crippen molar-refractivity contribution in [1.82, 2.24) is 0 Å². The van der Waals surface area contributed by atoms with E-state index in [2.05, 4.69) is 34.3 Å². The number of nitrogens with one attached hydrogen (secondary N) is 1. The molecule has 148 valence electrons. The van der Waals surface area contributed by atoms with Crippen molar-refractivity contribution in [3.63, 3.8) is 0 Å². The van der Waals surface area contributed by atoms with Crippen LogP contribution in [0.2, 0.25) is 0 Å². The van der Waals surface area contributed by atoms with Crippen LogP contribution in [-0.2, 0) is 27.2 Å². The lowest BCUT2D eigenvalue weighted by molar-refractivity contribution is -0.140. The van der Waals surface area contributed by atoms with E-state index in [4.69, 9.17) is 5.73 Å². The van der Waals surface area contributed by atoms with Crippen LogP contribution in [0.4, 0.5) is 5.69 Å². The van der Waals surface area contributed by atoms with Crippen LogP contribution < -0.4 is 11.1 Å². The number of benzene rings is 2. The van der Waals surface area contributed by atoms with E-state index in [1.54, 1.807) is 0 Å². The van der Waals surface area contributed by atoms with Gasteiger partial charge in [-0.15, -0.1) is 0 Å². The third kappa shape index (κ3) is 5.92. The molecule has 0 radical (unpaired) electrons. The third-order valence-electron chi connectivity index (χ3n) is 5.20. The molecule has 1 fully saturated rings. The zero-order valence-corrected chi connectivity index (χ0v) is 16.3. The number of ether oxygens (including phenoxy) is 1. The second kappa shape index (κ2) is 9.51. The van der Waals surface area contributed by atoms with Crippen LogP contribution in [-0.4, -0.2) is 25.0 Å². The van der Waals surface area contributed by atoms with Crippen LogP contribution in [0.5, 0.6) is 0 Å². The summed E-state index contributed by atoms with van der Waals surface area (Å²) in [4.78, 5) is 23.3. The number of hydrogen-bond acceptors (Lipinski definition) is 4. The normalized spacial score (nSPS) is 17.8. The molecule has 5 nitrogen and oxygen atoms in total. The maximum Gasteiger partial charge on any atom is 0.305 e. The predicted octanol–water partition coefficient (Wildman–Crippen LogP) is 3.57. The Morgan fingerprint density at radius 2 is 1.61 bits per heavy atom. The molecule has 2 atom stereocenters. The smallest absolute Gasteiger partial charge is 0.305 e. The molecule has 1 saturated carbocycles. The number of nitrogens with two attached hydrogens (primary N) is 1. The summed E-state index contributed by atoms with van der Waals surface area (Å²) >= 11 is 0. The Morgan fingerprint density at radius 1 is 1.00 bits per heavy atom. The maximum absolute atomic E-state index is 12.1.